The fourth-order valence-electron chi connectivity index (χ4n) is 2.88. The van der Waals surface area contributed by atoms with Crippen LogP contribution in [0.15, 0.2) is 60.9 Å². The van der Waals surface area contributed by atoms with E-state index >= 15 is 0 Å². The number of hydrogen-bond acceptors (Lipinski definition) is 5. The van der Waals surface area contributed by atoms with Gasteiger partial charge in [-0.2, -0.15) is 0 Å². The second kappa shape index (κ2) is 9.57. The van der Waals surface area contributed by atoms with Crippen LogP contribution in [-0.2, 0) is 12.8 Å². The third kappa shape index (κ3) is 5.45. The van der Waals surface area contributed by atoms with Crippen LogP contribution in [0.25, 0.3) is 0 Å². The summed E-state index contributed by atoms with van der Waals surface area (Å²) in [6.45, 7) is 2.97. The first-order chi connectivity index (χ1) is 13.3. The second-order valence-corrected chi connectivity index (χ2v) is 6.57. The van der Waals surface area contributed by atoms with Gasteiger partial charge in [-0.25, -0.2) is 9.97 Å². The quantitative estimate of drug-likeness (QED) is 0.510. The first-order valence-corrected chi connectivity index (χ1v) is 9.50. The normalized spacial score (nSPS) is 10.6. The van der Waals surface area contributed by atoms with Crippen molar-refractivity contribution in [2.75, 3.05) is 22.9 Å². The van der Waals surface area contributed by atoms with E-state index in [-0.39, 0.29) is 0 Å². The molecule has 0 fully saturated rings. The molecule has 5 nitrogen and oxygen atoms in total. The Kier molecular flexibility index (Phi) is 6.63. The van der Waals surface area contributed by atoms with E-state index in [2.05, 4.69) is 63.9 Å². The van der Waals surface area contributed by atoms with Crippen molar-refractivity contribution in [3.8, 4) is 0 Å². The van der Waals surface area contributed by atoms with E-state index < -0.39 is 0 Å². The lowest BCUT2D eigenvalue weighted by Crippen LogP contribution is -2.10. The van der Waals surface area contributed by atoms with Crippen molar-refractivity contribution in [1.82, 2.24) is 9.97 Å². The minimum atomic E-state index is 0.528. The van der Waals surface area contributed by atoms with Gasteiger partial charge < -0.3 is 16.4 Å². The van der Waals surface area contributed by atoms with Gasteiger partial charge in [0, 0.05) is 12.2 Å². The van der Waals surface area contributed by atoms with E-state index in [4.69, 9.17) is 5.73 Å². The van der Waals surface area contributed by atoms with Gasteiger partial charge in [0.05, 0.1) is 0 Å². The Morgan fingerprint density at radius 3 is 2.30 bits per heavy atom. The number of anilines is 4. The average molecular weight is 361 g/mol. The zero-order valence-corrected chi connectivity index (χ0v) is 15.8. The fraction of sp³-hybridized carbons (Fsp3) is 0.273. The topological polar surface area (TPSA) is 75.9 Å². The predicted octanol–water partition coefficient (Wildman–Crippen LogP) is 4.80. The summed E-state index contributed by atoms with van der Waals surface area (Å²) in [4.78, 5) is 8.56. The summed E-state index contributed by atoms with van der Waals surface area (Å²) in [6, 6.07) is 18.8. The minimum absolute atomic E-state index is 0.528. The van der Waals surface area contributed by atoms with E-state index in [1.807, 2.05) is 18.2 Å². The molecule has 3 aromatic rings. The molecule has 0 saturated heterocycles. The van der Waals surface area contributed by atoms with Gasteiger partial charge in [0.2, 0.25) is 0 Å². The maximum atomic E-state index is 6.26. The highest BCUT2D eigenvalue weighted by Crippen LogP contribution is 2.26. The highest BCUT2D eigenvalue weighted by molar-refractivity contribution is 5.77. The van der Waals surface area contributed by atoms with E-state index in [1.54, 1.807) is 0 Å². The lowest BCUT2D eigenvalue weighted by Gasteiger charge is -2.13. The number of nitrogens with zero attached hydrogens (tertiary/aromatic N) is 2. The van der Waals surface area contributed by atoms with Crippen molar-refractivity contribution in [3.05, 3.63) is 72.1 Å². The van der Waals surface area contributed by atoms with Crippen LogP contribution in [0.4, 0.5) is 23.0 Å². The van der Waals surface area contributed by atoms with Crippen molar-refractivity contribution in [3.63, 3.8) is 0 Å². The standard InChI is InChI=1S/C22H27N5/c1-2-3-7-18-10-12-19(13-11-18)27-22-20(23)21(25-16-26-22)24-15-14-17-8-5-4-6-9-17/h4-6,8-13,16H,2-3,7,14-15,23H2,1H3,(H2,24,25,26,27). The van der Waals surface area contributed by atoms with Crippen LogP contribution in [0.3, 0.4) is 0 Å². The van der Waals surface area contributed by atoms with Crippen LogP contribution in [0.2, 0.25) is 0 Å². The molecule has 4 N–H and O–H groups in total. The van der Waals surface area contributed by atoms with Gasteiger partial charge in [-0.15, -0.1) is 0 Å². The number of rotatable bonds is 9. The average Bonchev–Trinajstić information content (AvgIpc) is 2.71. The zero-order chi connectivity index (χ0) is 18.9. The molecular formula is C22H27N5. The number of nitrogen functional groups attached to an aromatic ring is 1. The molecule has 1 heterocycles. The molecular weight excluding hydrogens is 334 g/mol. The maximum absolute atomic E-state index is 6.26. The Labute approximate surface area is 161 Å². The number of aryl methyl sites for hydroxylation is 1. The van der Waals surface area contributed by atoms with Crippen LogP contribution in [0.1, 0.15) is 30.9 Å². The predicted molar refractivity (Wildman–Crippen MR) is 113 cm³/mol. The van der Waals surface area contributed by atoms with Crippen LogP contribution < -0.4 is 16.4 Å². The summed E-state index contributed by atoms with van der Waals surface area (Å²) in [6.07, 6.45) is 5.97. The monoisotopic (exact) mass is 361 g/mol. The Morgan fingerprint density at radius 1 is 0.852 bits per heavy atom. The Bertz CT molecular complexity index is 831. The molecule has 5 heteroatoms. The Hall–Kier alpha value is -3.08. The van der Waals surface area contributed by atoms with Crippen molar-refractivity contribution >= 4 is 23.0 Å². The minimum Gasteiger partial charge on any atom is -0.393 e. The summed E-state index contributed by atoms with van der Waals surface area (Å²) in [5.74, 6) is 1.27. The van der Waals surface area contributed by atoms with E-state index in [1.165, 1.54) is 30.3 Å². The number of hydrogen-bond donors (Lipinski definition) is 3. The van der Waals surface area contributed by atoms with Gasteiger partial charge in [0.25, 0.3) is 0 Å². The van der Waals surface area contributed by atoms with E-state index in [0.717, 1.165) is 25.1 Å². The summed E-state index contributed by atoms with van der Waals surface area (Å²) in [5.41, 5.74) is 10.4. The molecule has 0 atom stereocenters. The first kappa shape index (κ1) is 18.7. The van der Waals surface area contributed by atoms with E-state index in [0.29, 0.717) is 17.3 Å². The van der Waals surface area contributed by atoms with Gasteiger partial charge >= 0.3 is 0 Å². The molecule has 0 spiro atoms. The summed E-state index contributed by atoms with van der Waals surface area (Å²) < 4.78 is 0. The zero-order valence-electron chi connectivity index (χ0n) is 15.8. The van der Waals surface area contributed by atoms with Crippen molar-refractivity contribution in [1.29, 1.82) is 0 Å². The molecule has 0 radical (unpaired) electrons. The van der Waals surface area contributed by atoms with Crippen molar-refractivity contribution in [2.24, 2.45) is 0 Å². The molecule has 0 aliphatic carbocycles. The maximum Gasteiger partial charge on any atom is 0.159 e. The largest absolute Gasteiger partial charge is 0.393 e. The molecule has 2 aromatic carbocycles. The van der Waals surface area contributed by atoms with Crippen LogP contribution in [0, 0.1) is 0 Å². The molecule has 0 aliphatic heterocycles. The molecule has 0 aliphatic rings. The summed E-state index contributed by atoms with van der Waals surface area (Å²) >= 11 is 0. The van der Waals surface area contributed by atoms with Crippen LogP contribution >= 0.6 is 0 Å². The van der Waals surface area contributed by atoms with Crippen LogP contribution in [-0.4, -0.2) is 16.5 Å². The van der Waals surface area contributed by atoms with Crippen molar-refractivity contribution < 1.29 is 0 Å². The van der Waals surface area contributed by atoms with Gasteiger partial charge in [-0.05, 0) is 42.5 Å². The molecule has 0 bridgehead atoms. The third-order valence-electron chi connectivity index (χ3n) is 4.47. The molecule has 1 aromatic heterocycles. The van der Waals surface area contributed by atoms with Gasteiger partial charge in [-0.3, -0.25) is 0 Å². The molecule has 3 rings (SSSR count). The van der Waals surface area contributed by atoms with Crippen molar-refractivity contribution in [2.45, 2.75) is 32.6 Å². The molecule has 0 amide bonds. The molecule has 140 valence electrons. The Morgan fingerprint density at radius 2 is 1.56 bits per heavy atom. The molecule has 0 saturated carbocycles. The lowest BCUT2D eigenvalue weighted by atomic mass is 10.1. The number of unbranched alkanes of at least 4 members (excludes halogenated alkanes) is 1. The van der Waals surface area contributed by atoms with Gasteiger partial charge in [0.1, 0.15) is 12.0 Å². The smallest absolute Gasteiger partial charge is 0.159 e. The second-order valence-electron chi connectivity index (χ2n) is 6.57. The number of aromatic nitrogens is 2. The third-order valence-corrected chi connectivity index (χ3v) is 4.47. The lowest BCUT2D eigenvalue weighted by molar-refractivity contribution is 0.795. The highest BCUT2D eigenvalue weighted by atomic mass is 15.1. The summed E-state index contributed by atoms with van der Waals surface area (Å²) in [5, 5.41) is 6.59. The number of nitrogens with one attached hydrogen (secondary N) is 2. The number of nitrogens with two attached hydrogens (primary N) is 1. The van der Waals surface area contributed by atoms with E-state index in [9.17, 15) is 0 Å². The number of benzene rings is 2. The fourth-order valence-corrected chi connectivity index (χ4v) is 2.88. The molecule has 27 heavy (non-hydrogen) atoms. The Balaban J connectivity index is 1.60. The molecule has 0 unspecified atom stereocenters. The van der Waals surface area contributed by atoms with Gasteiger partial charge in [-0.1, -0.05) is 55.8 Å². The van der Waals surface area contributed by atoms with Crippen LogP contribution in [0.5, 0.6) is 0 Å². The highest BCUT2D eigenvalue weighted by Gasteiger charge is 2.08. The summed E-state index contributed by atoms with van der Waals surface area (Å²) in [7, 11) is 0. The SMILES string of the molecule is CCCCc1ccc(Nc2ncnc(NCCc3ccccc3)c2N)cc1. The van der Waals surface area contributed by atoms with Gasteiger partial charge in [0.15, 0.2) is 11.6 Å². The first-order valence-electron chi connectivity index (χ1n) is 9.50.